The molecule has 66 valence electrons. The van der Waals surface area contributed by atoms with Crippen LogP contribution in [0.5, 0.6) is 0 Å². The molecular weight excluding hydrogens is 184 g/mol. The van der Waals surface area contributed by atoms with Crippen molar-refractivity contribution in [3.05, 3.63) is 35.9 Å². The quantitative estimate of drug-likeness (QED) is 0.666. The van der Waals surface area contributed by atoms with E-state index in [-0.39, 0.29) is 0 Å². The first kappa shape index (κ1) is 10.0. The zero-order chi connectivity index (χ0) is 8.65. The first-order valence-corrected chi connectivity index (χ1v) is 6.59. The highest BCUT2D eigenvalue weighted by Gasteiger charge is 1.90. The minimum atomic E-state index is 1.15. The Morgan fingerprint density at radius 1 is 1.08 bits per heavy atom. The van der Waals surface area contributed by atoms with Gasteiger partial charge in [-0.15, -0.1) is 0 Å². The predicted octanol–water partition coefficient (Wildman–Crippen LogP) is 3.28. The van der Waals surface area contributed by atoms with Crippen LogP contribution in [0, 0.1) is 0 Å². The first-order valence-electron chi connectivity index (χ1n) is 4.04. The molecule has 0 radical (unpaired) electrons. The first-order chi connectivity index (χ1) is 5.93. The maximum Gasteiger partial charge on any atom is 0.0184 e. The molecule has 1 aromatic carbocycles. The van der Waals surface area contributed by atoms with Gasteiger partial charge in [-0.05, 0) is 11.8 Å². The Labute approximate surface area is 83.1 Å². The van der Waals surface area contributed by atoms with E-state index in [1.165, 1.54) is 17.1 Å². The molecule has 0 saturated carbocycles. The van der Waals surface area contributed by atoms with Gasteiger partial charge in [0, 0.05) is 17.3 Å². The summed E-state index contributed by atoms with van der Waals surface area (Å²) in [6.45, 7) is 0. The van der Waals surface area contributed by atoms with Crippen molar-refractivity contribution in [1.29, 1.82) is 0 Å². The van der Waals surface area contributed by atoms with Gasteiger partial charge in [0.2, 0.25) is 0 Å². The monoisotopic (exact) mass is 198 g/mol. The van der Waals surface area contributed by atoms with E-state index in [2.05, 4.69) is 36.6 Å². The highest BCUT2D eigenvalue weighted by atomic mass is 32.2. The highest BCUT2D eigenvalue weighted by molar-refractivity contribution is 8.02. The zero-order valence-corrected chi connectivity index (χ0v) is 8.96. The molecule has 1 aromatic rings. The number of benzene rings is 1. The van der Waals surface area contributed by atoms with E-state index < -0.39 is 0 Å². The summed E-state index contributed by atoms with van der Waals surface area (Å²) in [4.78, 5) is 0. The lowest BCUT2D eigenvalue weighted by Crippen LogP contribution is -1.84. The van der Waals surface area contributed by atoms with E-state index in [9.17, 15) is 0 Å². The van der Waals surface area contributed by atoms with Crippen molar-refractivity contribution < 1.29 is 0 Å². The van der Waals surface area contributed by atoms with Crippen LogP contribution in [0.2, 0.25) is 0 Å². The van der Waals surface area contributed by atoms with Crippen LogP contribution in [-0.2, 0) is 5.75 Å². The summed E-state index contributed by atoms with van der Waals surface area (Å²) in [5.74, 6) is 3.68. The van der Waals surface area contributed by atoms with E-state index in [1.807, 2.05) is 23.5 Å². The van der Waals surface area contributed by atoms with Crippen LogP contribution in [0.3, 0.4) is 0 Å². The Kier molecular flexibility index (Phi) is 5.37. The van der Waals surface area contributed by atoms with Gasteiger partial charge in [-0.1, -0.05) is 30.3 Å². The number of rotatable bonds is 5. The number of hydrogen-bond acceptors (Lipinski definition) is 2. The molecule has 0 aliphatic heterocycles. The van der Waals surface area contributed by atoms with Crippen LogP contribution in [-0.4, -0.2) is 17.8 Å². The van der Waals surface area contributed by atoms with E-state index in [4.69, 9.17) is 0 Å². The standard InChI is InChI=1S/C10H14S2/c1-11-7-8-12-9-10-5-3-2-4-6-10/h2-6H,7-9H2,1H3. The van der Waals surface area contributed by atoms with Gasteiger partial charge in [0.1, 0.15) is 0 Å². The Morgan fingerprint density at radius 3 is 2.50 bits per heavy atom. The third kappa shape index (κ3) is 4.07. The van der Waals surface area contributed by atoms with Gasteiger partial charge in [0.05, 0.1) is 0 Å². The summed E-state index contributed by atoms with van der Waals surface area (Å²) in [5, 5.41) is 0. The van der Waals surface area contributed by atoms with Gasteiger partial charge in [0.15, 0.2) is 0 Å². The van der Waals surface area contributed by atoms with Gasteiger partial charge in [-0.3, -0.25) is 0 Å². The smallest absolute Gasteiger partial charge is 0.0184 e. The van der Waals surface area contributed by atoms with Gasteiger partial charge >= 0.3 is 0 Å². The molecule has 1 rings (SSSR count). The Hall–Kier alpha value is -0.0800. The van der Waals surface area contributed by atoms with Crippen molar-refractivity contribution in [3.63, 3.8) is 0 Å². The second kappa shape index (κ2) is 6.44. The molecule has 0 unspecified atom stereocenters. The lowest BCUT2D eigenvalue weighted by atomic mass is 10.2. The average Bonchev–Trinajstić information content (AvgIpc) is 2.14. The van der Waals surface area contributed by atoms with Crippen molar-refractivity contribution >= 4 is 23.5 Å². The SMILES string of the molecule is CSCCSCc1ccccc1. The topological polar surface area (TPSA) is 0 Å². The molecule has 0 fully saturated rings. The van der Waals surface area contributed by atoms with Crippen molar-refractivity contribution in [1.82, 2.24) is 0 Å². The maximum absolute atomic E-state index is 2.19. The molecule has 0 N–H and O–H groups in total. The summed E-state index contributed by atoms with van der Waals surface area (Å²) in [5.41, 5.74) is 1.43. The summed E-state index contributed by atoms with van der Waals surface area (Å²) in [6.07, 6.45) is 2.16. The number of thioether (sulfide) groups is 2. The normalized spacial score (nSPS) is 10.1. The maximum atomic E-state index is 2.19. The molecule has 0 aliphatic carbocycles. The van der Waals surface area contributed by atoms with E-state index in [1.54, 1.807) is 0 Å². The minimum absolute atomic E-state index is 1.15. The molecule has 0 saturated heterocycles. The molecule has 2 heteroatoms. The van der Waals surface area contributed by atoms with Gasteiger partial charge < -0.3 is 0 Å². The second-order valence-corrected chi connectivity index (χ2v) is 4.62. The number of hydrogen-bond donors (Lipinski definition) is 0. The lowest BCUT2D eigenvalue weighted by Gasteiger charge is -1.99. The predicted molar refractivity (Wildman–Crippen MR) is 61.0 cm³/mol. The van der Waals surface area contributed by atoms with Gasteiger partial charge in [-0.2, -0.15) is 23.5 Å². The Balaban J connectivity index is 2.16. The molecule has 0 heterocycles. The molecule has 0 aliphatic rings. The van der Waals surface area contributed by atoms with Crippen LogP contribution >= 0.6 is 23.5 Å². The fraction of sp³-hybridized carbons (Fsp3) is 0.400. The van der Waals surface area contributed by atoms with Crippen LogP contribution < -0.4 is 0 Å². The van der Waals surface area contributed by atoms with E-state index >= 15 is 0 Å². The Bertz CT molecular complexity index is 196. The summed E-state index contributed by atoms with van der Waals surface area (Å²) < 4.78 is 0. The van der Waals surface area contributed by atoms with Crippen LogP contribution in [0.15, 0.2) is 30.3 Å². The average molecular weight is 198 g/mol. The fourth-order valence-electron chi connectivity index (χ4n) is 0.907. The van der Waals surface area contributed by atoms with E-state index in [0.717, 1.165) is 5.75 Å². The molecule has 0 amide bonds. The molecular formula is C10H14S2. The minimum Gasteiger partial charge on any atom is -0.165 e. The van der Waals surface area contributed by atoms with Gasteiger partial charge in [0.25, 0.3) is 0 Å². The lowest BCUT2D eigenvalue weighted by molar-refractivity contribution is 1.40. The zero-order valence-electron chi connectivity index (χ0n) is 7.32. The molecule has 0 atom stereocenters. The van der Waals surface area contributed by atoms with Crippen LogP contribution in [0.4, 0.5) is 0 Å². The molecule has 12 heavy (non-hydrogen) atoms. The summed E-state index contributed by atoms with van der Waals surface area (Å²) >= 11 is 3.93. The van der Waals surface area contributed by atoms with Crippen molar-refractivity contribution in [2.24, 2.45) is 0 Å². The largest absolute Gasteiger partial charge is 0.165 e. The van der Waals surface area contributed by atoms with Crippen molar-refractivity contribution in [3.8, 4) is 0 Å². The van der Waals surface area contributed by atoms with Crippen LogP contribution in [0.1, 0.15) is 5.56 Å². The highest BCUT2D eigenvalue weighted by Crippen LogP contribution is 2.12. The third-order valence-corrected chi connectivity index (χ3v) is 3.44. The van der Waals surface area contributed by atoms with E-state index in [0.29, 0.717) is 0 Å². The molecule has 0 bridgehead atoms. The van der Waals surface area contributed by atoms with Crippen molar-refractivity contribution in [2.75, 3.05) is 17.8 Å². The third-order valence-electron chi connectivity index (χ3n) is 1.54. The molecule has 0 nitrogen and oxygen atoms in total. The second-order valence-electron chi connectivity index (χ2n) is 2.53. The van der Waals surface area contributed by atoms with Crippen LogP contribution in [0.25, 0.3) is 0 Å². The van der Waals surface area contributed by atoms with Crippen molar-refractivity contribution in [2.45, 2.75) is 5.75 Å². The van der Waals surface area contributed by atoms with Gasteiger partial charge in [-0.25, -0.2) is 0 Å². The summed E-state index contributed by atoms with van der Waals surface area (Å²) in [7, 11) is 0. The molecule has 0 aromatic heterocycles. The fourth-order valence-corrected chi connectivity index (χ4v) is 2.62. The Morgan fingerprint density at radius 2 is 1.83 bits per heavy atom. The molecule has 0 spiro atoms. The summed E-state index contributed by atoms with van der Waals surface area (Å²) in [6, 6.07) is 10.6.